The van der Waals surface area contributed by atoms with Crippen LogP contribution in [0.15, 0.2) is 0 Å². The Balaban J connectivity index is 3.88. The van der Waals surface area contributed by atoms with Crippen molar-refractivity contribution in [1.29, 1.82) is 0 Å². The third kappa shape index (κ3) is 6.26. The first kappa shape index (κ1) is 15.9. The van der Waals surface area contributed by atoms with Gasteiger partial charge < -0.3 is 15.5 Å². The van der Waals surface area contributed by atoms with Crippen LogP contribution in [0.5, 0.6) is 0 Å². The van der Waals surface area contributed by atoms with E-state index in [4.69, 9.17) is 10.2 Å². The van der Waals surface area contributed by atoms with Gasteiger partial charge in [-0.2, -0.15) is 0 Å². The first-order valence-corrected chi connectivity index (χ1v) is 6.11. The average molecular weight is 245 g/mol. The Morgan fingerprint density at radius 2 is 1.76 bits per heavy atom. The molecule has 1 amide bonds. The van der Waals surface area contributed by atoms with Gasteiger partial charge >= 0.3 is 5.97 Å². The van der Waals surface area contributed by atoms with Gasteiger partial charge in [0, 0.05) is 6.42 Å². The molecule has 0 aromatic heterocycles. The number of hydrogen-bond donors (Lipinski definition) is 3. The number of carbonyl (C=O) groups is 2. The van der Waals surface area contributed by atoms with Gasteiger partial charge in [-0.3, -0.25) is 4.79 Å². The zero-order valence-corrected chi connectivity index (χ0v) is 10.7. The minimum atomic E-state index is -1.57. The minimum Gasteiger partial charge on any atom is -0.479 e. The molecule has 5 nitrogen and oxygen atoms in total. The standard InChI is InChI=1S/C12H23NO4/c1-3-4-5-6-7-8-10(15)13-12(2,9-14)11(16)17/h14H,3-9H2,1-2H3,(H,13,15)(H,16,17). The first-order chi connectivity index (χ1) is 7.96. The maximum absolute atomic E-state index is 11.5. The molecule has 0 aromatic rings. The van der Waals surface area contributed by atoms with E-state index >= 15 is 0 Å². The average Bonchev–Trinajstić information content (AvgIpc) is 2.28. The normalized spacial score (nSPS) is 14.1. The zero-order chi connectivity index (χ0) is 13.3. The molecule has 17 heavy (non-hydrogen) atoms. The molecule has 0 aliphatic rings. The van der Waals surface area contributed by atoms with E-state index in [1.54, 1.807) is 0 Å². The quantitative estimate of drug-likeness (QED) is 0.534. The molecule has 0 aliphatic carbocycles. The van der Waals surface area contributed by atoms with Crippen LogP contribution in [0.2, 0.25) is 0 Å². The number of aliphatic hydroxyl groups is 1. The van der Waals surface area contributed by atoms with Crippen LogP contribution in [0.25, 0.3) is 0 Å². The molecule has 1 unspecified atom stereocenters. The van der Waals surface area contributed by atoms with Crippen molar-refractivity contribution < 1.29 is 19.8 Å². The summed E-state index contributed by atoms with van der Waals surface area (Å²) in [5, 5.41) is 20.1. The Hall–Kier alpha value is -1.10. The third-order valence-corrected chi connectivity index (χ3v) is 2.71. The second kappa shape index (κ2) is 8.06. The molecule has 3 N–H and O–H groups in total. The smallest absolute Gasteiger partial charge is 0.331 e. The van der Waals surface area contributed by atoms with E-state index in [2.05, 4.69) is 12.2 Å². The predicted octanol–water partition coefficient (Wildman–Crippen LogP) is 1.30. The highest BCUT2D eigenvalue weighted by atomic mass is 16.4. The molecule has 1 atom stereocenters. The van der Waals surface area contributed by atoms with E-state index < -0.39 is 18.1 Å². The predicted molar refractivity (Wildman–Crippen MR) is 64.6 cm³/mol. The summed E-state index contributed by atoms with van der Waals surface area (Å²) in [6.07, 6.45) is 5.45. The van der Waals surface area contributed by atoms with E-state index in [1.165, 1.54) is 6.92 Å². The van der Waals surface area contributed by atoms with Crippen molar-refractivity contribution in [3.63, 3.8) is 0 Å². The highest BCUT2D eigenvalue weighted by Gasteiger charge is 2.33. The maximum Gasteiger partial charge on any atom is 0.331 e. The summed E-state index contributed by atoms with van der Waals surface area (Å²) in [4.78, 5) is 22.3. The number of rotatable bonds is 9. The summed E-state index contributed by atoms with van der Waals surface area (Å²) in [6.45, 7) is 2.81. The number of carbonyl (C=O) groups excluding carboxylic acids is 1. The Bertz CT molecular complexity index is 255. The Labute approximate surface area is 102 Å². The second-order valence-electron chi connectivity index (χ2n) is 4.51. The van der Waals surface area contributed by atoms with Crippen molar-refractivity contribution in [3.8, 4) is 0 Å². The number of hydrogen-bond acceptors (Lipinski definition) is 3. The molecule has 100 valence electrons. The van der Waals surface area contributed by atoms with Crippen molar-refractivity contribution in [1.82, 2.24) is 5.32 Å². The van der Waals surface area contributed by atoms with Crippen molar-refractivity contribution >= 4 is 11.9 Å². The van der Waals surface area contributed by atoms with E-state index in [9.17, 15) is 9.59 Å². The Morgan fingerprint density at radius 1 is 1.18 bits per heavy atom. The molecule has 0 rings (SSSR count). The number of carboxylic acids is 1. The molecule has 5 heteroatoms. The number of nitrogens with one attached hydrogen (secondary N) is 1. The van der Waals surface area contributed by atoms with Gasteiger partial charge in [0.05, 0.1) is 6.61 Å². The van der Waals surface area contributed by atoms with Crippen LogP contribution in [-0.2, 0) is 9.59 Å². The molecule has 0 bridgehead atoms. The maximum atomic E-state index is 11.5. The molecular weight excluding hydrogens is 222 g/mol. The summed E-state index contributed by atoms with van der Waals surface area (Å²) in [6, 6.07) is 0. The lowest BCUT2D eigenvalue weighted by Crippen LogP contribution is -2.54. The van der Waals surface area contributed by atoms with E-state index in [1.807, 2.05) is 0 Å². The molecular formula is C12H23NO4. The van der Waals surface area contributed by atoms with Gasteiger partial charge in [-0.15, -0.1) is 0 Å². The topological polar surface area (TPSA) is 86.6 Å². The largest absolute Gasteiger partial charge is 0.479 e. The van der Waals surface area contributed by atoms with Crippen molar-refractivity contribution in [2.75, 3.05) is 6.61 Å². The number of unbranched alkanes of at least 4 members (excludes halogenated alkanes) is 4. The SMILES string of the molecule is CCCCCCCC(=O)NC(C)(CO)C(=O)O. The highest BCUT2D eigenvalue weighted by Crippen LogP contribution is 2.07. The van der Waals surface area contributed by atoms with E-state index in [-0.39, 0.29) is 5.91 Å². The van der Waals surface area contributed by atoms with Crippen LogP contribution in [0.4, 0.5) is 0 Å². The molecule has 0 radical (unpaired) electrons. The molecule has 0 aromatic carbocycles. The van der Waals surface area contributed by atoms with Crippen LogP contribution >= 0.6 is 0 Å². The third-order valence-electron chi connectivity index (χ3n) is 2.71. The van der Waals surface area contributed by atoms with Gasteiger partial charge in [-0.25, -0.2) is 4.79 Å². The fourth-order valence-corrected chi connectivity index (χ4v) is 1.42. The number of aliphatic carboxylic acids is 1. The molecule has 0 fully saturated rings. The monoisotopic (exact) mass is 245 g/mol. The van der Waals surface area contributed by atoms with Gasteiger partial charge in [0.2, 0.25) is 5.91 Å². The molecule has 0 spiro atoms. The van der Waals surface area contributed by atoms with Crippen molar-refractivity contribution in [2.45, 2.75) is 57.9 Å². The van der Waals surface area contributed by atoms with Gasteiger partial charge in [0.25, 0.3) is 0 Å². The van der Waals surface area contributed by atoms with Crippen LogP contribution < -0.4 is 5.32 Å². The lowest BCUT2D eigenvalue weighted by atomic mass is 10.0. The van der Waals surface area contributed by atoms with Crippen molar-refractivity contribution in [2.24, 2.45) is 0 Å². The number of aliphatic hydroxyl groups excluding tert-OH is 1. The van der Waals surface area contributed by atoms with Gasteiger partial charge in [-0.1, -0.05) is 32.6 Å². The fourth-order valence-electron chi connectivity index (χ4n) is 1.42. The Morgan fingerprint density at radius 3 is 2.24 bits per heavy atom. The van der Waals surface area contributed by atoms with Gasteiger partial charge in [-0.05, 0) is 13.3 Å². The summed E-state index contributed by atoms with van der Waals surface area (Å²) in [5.74, 6) is -1.54. The second-order valence-corrected chi connectivity index (χ2v) is 4.51. The number of amides is 1. The fraction of sp³-hybridized carbons (Fsp3) is 0.833. The number of carboxylic acid groups (broad SMARTS) is 1. The summed E-state index contributed by atoms with van der Waals surface area (Å²) < 4.78 is 0. The van der Waals surface area contributed by atoms with E-state index in [0.29, 0.717) is 6.42 Å². The summed E-state index contributed by atoms with van der Waals surface area (Å²) in [5.41, 5.74) is -1.57. The molecule has 0 aliphatic heterocycles. The van der Waals surface area contributed by atoms with Crippen LogP contribution in [-0.4, -0.2) is 34.2 Å². The lowest BCUT2D eigenvalue weighted by molar-refractivity contribution is -0.148. The van der Waals surface area contributed by atoms with Gasteiger partial charge in [0.1, 0.15) is 0 Å². The van der Waals surface area contributed by atoms with Crippen LogP contribution in [0.3, 0.4) is 0 Å². The summed E-state index contributed by atoms with van der Waals surface area (Å²) >= 11 is 0. The van der Waals surface area contributed by atoms with Gasteiger partial charge in [0.15, 0.2) is 5.54 Å². The van der Waals surface area contributed by atoms with Crippen LogP contribution in [0.1, 0.15) is 52.4 Å². The highest BCUT2D eigenvalue weighted by molar-refractivity contribution is 5.86. The lowest BCUT2D eigenvalue weighted by Gasteiger charge is -2.23. The summed E-state index contributed by atoms with van der Waals surface area (Å²) in [7, 11) is 0. The molecule has 0 saturated carbocycles. The van der Waals surface area contributed by atoms with Crippen molar-refractivity contribution in [3.05, 3.63) is 0 Å². The zero-order valence-electron chi connectivity index (χ0n) is 10.7. The van der Waals surface area contributed by atoms with E-state index in [0.717, 1.165) is 32.1 Å². The first-order valence-electron chi connectivity index (χ1n) is 6.11. The Kier molecular flexibility index (Phi) is 7.54. The minimum absolute atomic E-state index is 0.312. The molecule has 0 saturated heterocycles. The van der Waals surface area contributed by atoms with Crippen LogP contribution in [0, 0.1) is 0 Å². The molecule has 0 heterocycles.